The number of fused-ring (bicyclic) bond motifs is 1. The number of nitrogens with zero attached hydrogens (tertiary/aromatic N) is 4. The van der Waals surface area contributed by atoms with E-state index in [0.29, 0.717) is 81.2 Å². The Labute approximate surface area is 197 Å². The van der Waals surface area contributed by atoms with E-state index in [1.54, 1.807) is 33.8 Å². The molecule has 10 heteroatoms. The van der Waals surface area contributed by atoms with E-state index in [2.05, 4.69) is 10.4 Å². The van der Waals surface area contributed by atoms with Gasteiger partial charge >= 0.3 is 0 Å². The molecule has 0 saturated carbocycles. The molecule has 1 aromatic carbocycles. The predicted octanol–water partition coefficient (Wildman–Crippen LogP) is 2.17. The molecule has 2 aliphatic rings. The fraction of sp³-hybridized carbons (Fsp3) is 0.458. The number of imide groups is 1. The SMILES string of the molecule is CCn1ncc(NC(=O)CCCCCN2C(=O)c3ccccc3C2=O)c1C(=O)N1CCOCC1. The molecule has 2 aliphatic heterocycles. The first kappa shape index (κ1) is 23.6. The van der Waals surface area contributed by atoms with Crippen molar-refractivity contribution in [2.45, 2.75) is 39.2 Å². The molecule has 1 N–H and O–H groups in total. The number of carbonyl (C=O) groups is 4. The third kappa shape index (κ3) is 4.86. The van der Waals surface area contributed by atoms with Crippen molar-refractivity contribution in [3.63, 3.8) is 0 Å². The van der Waals surface area contributed by atoms with E-state index in [9.17, 15) is 19.2 Å². The Morgan fingerprint density at radius 2 is 1.71 bits per heavy atom. The summed E-state index contributed by atoms with van der Waals surface area (Å²) in [5.74, 6) is -0.890. The van der Waals surface area contributed by atoms with Crippen molar-refractivity contribution in [1.29, 1.82) is 0 Å². The molecule has 180 valence electrons. The number of carbonyl (C=O) groups excluding carboxylic acids is 4. The number of amides is 4. The third-order valence-electron chi connectivity index (χ3n) is 6.08. The first-order valence-corrected chi connectivity index (χ1v) is 11.7. The van der Waals surface area contributed by atoms with Gasteiger partial charge in [0, 0.05) is 32.6 Å². The number of unbranched alkanes of at least 4 members (excludes halogenated alkanes) is 2. The highest BCUT2D eigenvalue weighted by Gasteiger charge is 2.34. The maximum atomic E-state index is 13.0. The first-order chi connectivity index (χ1) is 16.5. The summed E-state index contributed by atoms with van der Waals surface area (Å²) in [6, 6.07) is 6.82. The maximum Gasteiger partial charge on any atom is 0.274 e. The fourth-order valence-electron chi connectivity index (χ4n) is 4.25. The number of ether oxygens (including phenoxy) is 1. The Balaban J connectivity index is 1.25. The van der Waals surface area contributed by atoms with Crippen molar-refractivity contribution in [2.75, 3.05) is 38.2 Å². The number of rotatable bonds is 9. The zero-order chi connectivity index (χ0) is 24.1. The van der Waals surface area contributed by atoms with Crippen LogP contribution < -0.4 is 5.32 Å². The molecule has 10 nitrogen and oxygen atoms in total. The second-order valence-electron chi connectivity index (χ2n) is 8.29. The summed E-state index contributed by atoms with van der Waals surface area (Å²) in [6.45, 7) is 4.74. The van der Waals surface area contributed by atoms with Gasteiger partial charge in [-0.1, -0.05) is 18.6 Å². The molecule has 0 radical (unpaired) electrons. The normalized spacial score (nSPS) is 15.6. The van der Waals surface area contributed by atoms with Crippen LogP contribution in [0.15, 0.2) is 30.5 Å². The zero-order valence-corrected chi connectivity index (χ0v) is 19.3. The van der Waals surface area contributed by atoms with Crippen molar-refractivity contribution in [2.24, 2.45) is 0 Å². The van der Waals surface area contributed by atoms with Gasteiger partial charge in [0.2, 0.25) is 5.91 Å². The van der Waals surface area contributed by atoms with E-state index in [0.717, 1.165) is 0 Å². The van der Waals surface area contributed by atoms with Crippen LogP contribution in [-0.2, 0) is 16.1 Å². The Hall–Kier alpha value is -3.53. The predicted molar refractivity (Wildman–Crippen MR) is 124 cm³/mol. The monoisotopic (exact) mass is 467 g/mol. The van der Waals surface area contributed by atoms with Crippen LogP contribution in [-0.4, -0.2) is 76.1 Å². The highest BCUT2D eigenvalue weighted by atomic mass is 16.5. The summed E-state index contributed by atoms with van der Waals surface area (Å²) in [5.41, 5.74) is 1.68. The van der Waals surface area contributed by atoms with E-state index in [4.69, 9.17) is 4.74 Å². The van der Waals surface area contributed by atoms with Gasteiger partial charge in [-0.05, 0) is 31.9 Å². The molecule has 2 aromatic rings. The zero-order valence-electron chi connectivity index (χ0n) is 19.3. The Bertz CT molecular complexity index is 1050. The molecule has 0 atom stereocenters. The van der Waals surface area contributed by atoms with Crippen LogP contribution in [0.4, 0.5) is 5.69 Å². The van der Waals surface area contributed by atoms with Gasteiger partial charge in [-0.2, -0.15) is 5.10 Å². The Morgan fingerprint density at radius 3 is 2.35 bits per heavy atom. The first-order valence-electron chi connectivity index (χ1n) is 11.7. The summed E-state index contributed by atoms with van der Waals surface area (Å²) in [6.07, 6.45) is 3.69. The smallest absolute Gasteiger partial charge is 0.274 e. The summed E-state index contributed by atoms with van der Waals surface area (Å²) in [7, 11) is 0. The van der Waals surface area contributed by atoms with Crippen molar-refractivity contribution < 1.29 is 23.9 Å². The van der Waals surface area contributed by atoms with E-state index in [1.165, 1.54) is 11.1 Å². The molecule has 0 bridgehead atoms. The molecular formula is C24H29N5O5. The number of anilines is 1. The van der Waals surface area contributed by atoms with Crippen LogP contribution in [0.3, 0.4) is 0 Å². The molecule has 1 fully saturated rings. The van der Waals surface area contributed by atoms with Crippen molar-refractivity contribution in [1.82, 2.24) is 19.6 Å². The minimum absolute atomic E-state index is 0.168. The standard InChI is InChI=1S/C24H29N5O5/c1-2-29-21(24(33)27-12-14-34-15-13-27)19(16-25-29)26-20(30)10-4-3-7-11-28-22(31)17-8-5-6-9-18(17)23(28)32/h5-6,8-9,16H,2-4,7,10-15H2,1H3,(H,26,30). The highest BCUT2D eigenvalue weighted by molar-refractivity contribution is 6.21. The Morgan fingerprint density at radius 1 is 1.03 bits per heavy atom. The number of hydrogen-bond donors (Lipinski definition) is 1. The fourth-order valence-corrected chi connectivity index (χ4v) is 4.25. The number of aromatic nitrogens is 2. The van der Waals surface area contributed by atoms with Crippen LogP contribution in [0.1, 0.15) is 63.8 Å². The van der Waals surface area contributed by atoms with E-state index < -0.39 is 0 Å². The van der Waals surface area contributed by atoms with E-state index in [-0.39, 0.29) is 30.0 Å². The van der Waals surface area contributed by atoms with Crippen molar-refractivity contribution >= 4 is 29.3 Å². The molecule has 1 saturated heterocycles. The summed E-state index contributed by atoms with van der Waals surface area (Å²) < 4.78 is 6.91. The van der Waals surface area contributed by atoms with Gasteiger partial charge in [0.15, 0.2) is 0 Å². The van der Waals surface area contributed by atoms with Crippen LogP contribution in [0.5, 0.6) is 0 Å². The van der Waals surface area contributed by atoms with Gasteiger partial charge in [-0.25, -0.2) is 0 Å². The summed E-state index contributed by atoms with van der Waals surface area (Å²) >= 11 is 0. The quantitative estimate of drug-likeness (QED) is 0.447. The molecule has 4 rings (SSSR count). The lowest BCUT2D eigenvalue weighted by Crippen LogP contribution is -2.41. The number of benzene rings is 1. The summed E-state index contributed by atoms with van der Waals surface area (Å²) in [5, 5.41) is 7.07. The molecule has 0 unspecified atom stereocenters. The van der Waals surface area contributed by atoms with Gasteiger partial charge in [0.25, 0.3) is 17.7 Å². The largest absolute Gasteiger partial charge is 0.378 e. The van der Waals surface area contributed by atoms with Gasteiger partial charge < -0.3 is 15.0 Å². The maximum absolute atomic E-state index is 13.0. The molecule has 1 aromatic heterocycles. The molecule has 0 aliphatic carbocycles. The van der Waals surface area contributed by atoms with Crippen LogP contribution >= 0.6 is 0 Å². The molecule has 0 spiro atoms. The number of hydrogen-bond acceptors (Lipinski definition) is 6. The minimum Gasteiger partial charge on any atom is -0.378 e. The molecule has 4 amide bonds. The highest BCUT2D eigenvalue weighted by Crippen LogP contribution is 2.23. The summed E-state index contributed by atoms with van der Waals surface area (Å²) in [4.78, 5) is 53.3. The van der Waals surface area contributed by atoms with Crippen LogP contribution in [0, 0.1) is 0 Å². The Kier molecular flexibility index (Phi) is 7.36. The second-order valence-corrected chi connectivity index (χ2v) is 8.29. The average molecular weight is 468 g/mol. The van der Waals surface area contributed by atoms with Crippen molar-refractivity contribution in [3.05, 3.63) is 47.3 Å². The lowest BCUT2D eigenvalue weighted by Gasteiger charge is -2.27. The number of morpholine rings is 1. The second kappa shape index (κ2) is 10.6. The topological polar surface area (TPSA) is 114 Å². The molecule has 3 heterocycles. The van der Waals surface area contributed by atoms with Gasteiger partial charge in [0.05, 0.1) is 36.2 Å². The van der Waals surface area contributed by atoms with E-state index >= 15 is 0 Å². The minimum atomic E-state index is -0.260. The lowest BCUT2D eigenvalue weighted by molar-refractivity contribution is -0.116. The average Bonchev–Trinajstić information content (AvgIpc) is 3.37. The van der Waals surface area contributed by atoms with Crippen LogP contribution in [0.25, 0.3) is 0 Å². The van der Waals surface area contributed by atoms with E-state index in [1.807, 2.05) is 6.92 Å². The van der Waals surface area contributed by atoms with Crippen molar-refractivity contribution in [3.8, 4) is 0 Å². The molecule has 34 heavy (non-hydrogen) atoms. The number of nitrogens with one attached hydrogen (secondary N) is 1. The van der Waals surface area contributed by atoms with Crippen LogP contribution in [0.2, 0.25) is 0 Å². The van der Waals surface area contributed by atoms with Gasteiger partial charge in [-0.15, -0.1) is 0 Å². The molecular weight excluding hydrogens is 438 g/mol. The lowest BCUT2D eigenvalue weighted by atomic mass is 10.1. The number of aryl methyl sites for hydroxylation is 1. The van der Waals surface area contributed by atoms with Gasteiger partial charge in [-0.3, -0.25) is 28.8 Å². The van der Waals surface area contributed by atoms with Gasteiger partial charge in [0.1, 0.15) is 5.69 Å². The third-order valence-corrected chi connectivity index (χ3v) is 6.08.